The van der Waals surface area contributed by atoms with Gasteiger partial charge in [-0.2, -0.15) is 0 Å². The lowest BCUT2D eigenvalue weighted by atomic mass is 9.89. The second kappa shape index (κ2) is 8.06. The number of anilines is 1. The van der Waals surface area contributed by atoms with Crippen molar-refractivity contribution in [1.29, 1.82) is 0 Å². The number of nitrogens with two attached hydrogens (primary N) is 1. The molecule has 0 bridgehead atoms. The van der Waals surface area contributed by atoms with Gasteiger partial charge in [-0.05, 0) is 50.2 Å². The summed E-state index contributed by atoms with van der Waals surface area (Å²) in [5, 5.41) is 3.57. The van der Waals surface area contributed by atoms with E-state index in [0.717, 1.165) is 11.3 Å². The molecule has 7 heteroatoms. The van der Waals surface area contributed by atoms with Gasteiger partial charge in [0.1, 0.15) is 17.1 Å². The SMILES string of the molecule is CC1(C)CC(NC(=O)COc2cccc(Cl)c2)c2cc(N)ccc2O1.Cl. The Kier molecular flexibility index (Phi) is 6.26. The Morgan fingerprint density at radius 2 is 2.12 bits per heavy atom. The largest absolute Gasteiger partial charge is 0.487 e. The number of hydrogen-bond donors (Lipinski definition) is 2. The first-order chi connectivity index (χ1) is 11.8. The van der Waals surface area contributed by atoms with Crippen LogP contribution in [0.4, 0.5) is 5.69 Å². The van der Waals surface area contributed by atoms with Crippen molar-refractivity contribution in [3.63, 3.8) is 0 Å². The number of benzene rings is 2. The Labute approximate surface area is 164 Å². The molecular weight excluding hydrogens is 375 g/mol. The van der Waals surface area contributed by atoms with E-state index >= 15 is 0 Å². The van der Waals surface area contributed by atoms with Crippen molar-refractivity contribution in [2.45, 2.75) is 31.9 Å². The molecular formula is C19H22Cl2N2O3. The van der Waals surface area contributed by atoms with E-state index in [1.165, 1.54) is 0 Å². The lowest BCUT2D eigenvalue weighted by Crippen LogP contribution is -2.42. The molecule has 5 nitrogen and oxygen atoms in total. The van der Waals surface area contributed by atoms with Crippen molar-refractivity contribution in [2.75, 3.05) is 12.3 Å². The van der Waals surface area contributed by atoms with Crippen LogP contribution in [0.15, 0.2) is 42.5 Å². The van der Waals surface area contributed by atoms with Gasteiger partial charge in [-0.25, -0.2) is 0 Å². The average Bonchev–Trinajstić information content (AvgIpc) is 2.53. The predicted octanol–water partition coefficient (Wildman–Crippen LogP) is 4.14. The number of ether oxygens (including phenoxy) is 2. The quantitative estimate of drug-likeness (QED) is 0.761. The second-order valence-electron chi connectivity index (χ2n) is 6.73. The van der Waals surface area contributed by atoms with Crippen LogP contribution in [0.3, 0.4) is 0 Å². The number of fused-ring (bicyclic) bond motifs is 1. The maximum absolute atomic E-state index is 12.3. The van der Waals surface area contributed by atoms with E-state index in [2.05, 4.69) is 5.32 Å². The van der Waals surface area contributed by atoms with E-state index in [1.807, 2.05) is 26.0 Å². The van der Waals surface area contributed by atoms with E-state index in [1.54, 1.807) is 30.3 Å². The van der Waals surface area contributed by atoms with Crippen LogP contribution in [0.2, 0.25) is 5.02 Å². The summed E-state index contributed by atoms with van der Waals surface area (Å²) in [7, 11) is 0. The van der Waals surface area contributed by atoms with Crippen LogP contribution < -0.4 is 20.5 Å². The number of nitrogens with one attached hydrogen (secondary N) is 1. The van der Waals surface area contributed by atoms with Gasteiger partial charge >= 0.3 is 0 Å². The summed E-state index contributed by atoms with van der Waals surface area (Å²) in [4.78, 5) is 12.3. The van der Waals surface area contributed by atoms with E-state index < -0.39 is 0 Å². The summed E-state index contributed by atoms with van der Waals surface area (Å²) in [5.41, 5.74) is 7.03. The number of nitrogen functional groups attached to an aromatic ring is 1. The van der Waals surface area contributed by atoms with Crippen LogP contribution in [-0.4, -0.2) is 18.1 Å². The average molecular weight is 397 g/mol. The minimum absolute atomic E-state index is 0. The van der Waals surface area contributed by atoms with E-state index in [9.17, 15) is 4.79 Å². The number of amides is 1. The van der Waals surface area contributed by atoms with Gasteiger partial charge in [0.15, 0.2) is 6.61 Å². The van der Waals surface area contributed by atoms with Gasteiger partial charge in [-0.1, -0.05) is 17.7 Å². The summed E-state index contributed by atoms with van der Waals surface area (Å²) in [6, 6.07) is 12.2. The van der Waals surface area contributed by atoms with E-state index in [-0.39, 0.29) is 36.6 Å². The molecule has 0 saturated carbocycles. The molecule has 0 spiro atoms. The fourth-order valence-corrected chi connectivity index (χ4v) is 3.12. The molecule has 0 fully saturated rings. The molecule has 0 saturated heterocycles. The molecule has 2 aromatic carbocycles. The third kappa shape index (κ3) is 4.96. The van der Waals surface area contributed by atoms with Crippen LogP contribution >= 0.6 is 24.0 Å². The second-order valence-corrected chi connectivity index (χ2v) is 7.17. The van der Waals surface area contributed by atoms with E-state index in [0.29, 0.717) is 22.9 Å². The Hall–Kier alpha value is -2.11. The maximum atomic E-state index is 12.3. The highest BCUT2D eigenvalue weighted by molar-refractivity contribution is 6.30. The monoisotopic (exact) mass is 396 g/mol. The first-order valence-corrected chi connectivity index (χ1v) is 8.46. The van der Waals surface area contributed by atoms with Crippen molar-refractivity contribution in [3.05, 3.63) is 53.1 Å². The molecule has 140 valence electrons. The van der Waals surface area contributed by atoms with Crippen LogP contribution in [0.5, 0.6) is 11.5 Å². The molecule has 1 atom stereocenters. The highest BCUT2D eigenvalue weighted by atomic mass is 35.5. The van der Waals surface area contributed by atoms with E-state index in [4.69, 9.17) is 26.8 Å². The van der Waals surface area contributed by atoms with Crippen molar-refractivity contribution in [2.24, 2.45) is 0 Å². The lowest BCUT2D eigenvalue weighted by Gasteiger charge is -2.38. The van der Waals surface area contributed by atoms with Gasteiger partial charge in [-0.3, -0.25) is 4.79 Å². The summed E-state index contributed by atoms with van der Waals surface area (Å²) < 4.78 is 11.5. The van der Waals surface area contributed by atoms with Crippen molar-refractivity contribution < 1.29 is 14.3 Å². The molecule has 1 aliphatic rings. The minimum Gasteiger partial charge on any atom is -0.487 e. The summed E-state index contributed by atoms with van der Waals surface area (Å²) in [6.45, 7) is 3.90. The fourth-order valence-electron chi connectivity index (χ4n) is 2.94. The normalized spacial score (nSPS) is 17.3. The third-order valence-electron chi connectivity index (χ3n) is 3.99. The Balaban J connectivity index is 0.00000243. The number of hydrogen-bond acceptors (Lipinski definition) is 4. The fraction of sp³-hybridized carbons (Fsp3) is 0.316. The first-order valence-electron chi connectivity index (χ1n) is 8.08. The number of halogens is 2. The molecule has 0 aromatic heterocycles. The predicted molar refractivity (Wildman–Crippen MR) is 105 cm³/mol. The smallest absolute Gasteiger partial charge is 0.258 e. The van der Waals surface area contributed by atoms with Crippen LogP contribution in [-0.2, 0) is 4.79 Å². The molecule has 3 N–H and O–H groups in total. The Morgan fingerprint density at radius 3 is 2.85 bits per heavy atom. The zero-order valence-electron chi connectivity index (χ0n) is 14.6. The molecule has 1 heterocycles. The molecule has 3 rings (SSSR count). The highest BCUT2D eigenvalue weighted by Gasteiger charge is 2.34. The molecule has 0 radical (unpaired) electrons. The molecule has 2 aromatic rings. The van der Waals surface area contributed by atoms with Gasteiger partial charge < -0.3 is 20.5 Å². The number of carbonyl (C=O) groups is 1. The number of carbonyl (C=O) groups excluding carboxylic acids is 1. The van der Waals surface area contributed by atoms with Crippen molar-refractivity contribution in [3.8, 4) is 11.5 Å². The highest BCUT2D eigenvalue weighted by Crippen LogP contribution is 2.40. The topological polar surface area (TPSA) is 73.6 Å². The van der Waals surface area contributed by atoms with Gasteiger partial charge in [0, 0.05) is 22.7 Å². The molecule has 1 amide bonds. The molecule has 1 unspecified atom stereocenters. The van der Waals surface area contributed by atoms with Crippen LogP contribution in [0, 0.1) is 0 Å². The van der Waals surface area contributed by atoms with Gasteiger partial charge in [0.05, 0.1) is 6.04 Å². The lowest BCUT2D eigenvalue weighted by molar-refractivity contribution is -0.124. The van der Waals surface area contributed by atoms with Gasteiger partial charge in [0.2, 0.25) is 0 Å². The van der Waals surface area contributed by atoms with Crippen LogP contribution in [0.25, 0.3) is 0 Å². The molecule has 26 heavy (non-hydrogen) atoms. The van der Waals surface area contributed by atoms with Gasteiger partial charge in [-0.15, -0.1) is 12.4 Å². The number of rotatable bonds is 4. The van der Waals surface area contributed by atoms with Crippen molar-refractivity contribution >= 4 is 35.6 Å². The third-order valence-corrected chi connectivity index (χ3v) is 4.23. The van der Waals surface area contributed by atoms with Crippen LogP contribution in [0.1, 0.15) is 31.9 Å². The standard InChI is InChI=1S/C19H21ClN2O3.ClH/c1-19(2)10-16(15-9-13(21)6-7-17(15)25-19)22-18(23)11-24-14-5-3-4-12(20)8-14;/h3-9,16H,10-11,21H2,1-2H3,(H,22,23);1H. The molecule has 1 aliphatic heterocycles. The summed E-state index contributed by atoms with van der Waals surface area (Å²) in [5.74, 6) is 1.09. The van der Waals surface area contributed by atoms with Gasteiger partial charge in [0.25, 0.3) is 5.91 Å². The zero-order valence-corrected chi connectivity index (χ0v) is 16.2. The Bertz CT molecular complexity index is 796. The zero-order chi connectivity index (χ0) is 18.0. The van der Waals surface area contributed by atoms with Crippen molar-refractivity contribution in [1.82, 2.24) is 5.32 Å². The Morgan fingerprint density at radius 1 is 1.35 bits per heavy atom. The molecule has 0 aliphatic carbocycles. The summed E-state index contributed by atoms with van der Waals surface area (Å²) in [6.07, 6.45) is 0.645. The minimum atomic E-state index is -0.380. The first kappa shape index (κ1) is 20.2. The summed E-state index contributed by atoms with van der Waals surface area (Å²) >= 11 is 5.91. The maximum Gasteiger partial charge on any atom is 0.258 e.